The van der Waals surface area contributed by atoms with E-state index in [1.165, 1.54) is 6.07 Å². The Bertz CT molecular complexity index is 326. The number of aromatic amines is 1. The molecule has 0 bridgehead atoms. The maximum atomic E-state index is 10.7. The van der Waals surface area contributed by atoms with Crippen LogP contribution in [-0.4, -0.2) is 16.1 Å². The van der Waals surface area contributed by atoms with E-state index in [2.05, 4.69) is 11.9 Å². The van der Waals surface area contributed by atoms with E-state index in [1.54, 1.807) is 12.3 Å². The monoisotopic (exact) mass is 197 g/mol. The summed E-state index contributed by atoms with van der Waals surface area (Å²) in [5, 5.41) is 7.42. The van der Waals surface area contributed by atoms with E-state index in [4.69, 9.17) is 9.90 Å². The minimum atomic E-state index is -0.833. The van der Waals surface area contributed by atoms with Crippen LogP contribution in [0.4, 0.5) is 0 Å². The summed E-state index contributed by atoms with van der Waals surface area (Å²) in [6, 6.07) is 3.17. The molecule has 0 radical (unpaired) electrons. The van der Waals surface area contributed by atoms with Crippen LogP contribution in [0.3, 0.4) is 0 Å². The lowest BCUT2D eigenvalue weighted by Gasteiger charge is -1.94. The molecule has 1 aromatic rings. The number of aliphatic carboxylic acids is 1. The van der Waals surface area contributed by atoms with Gasteiger partial charge in [0, 0.05) is 30.9 Å². The van der Waals surface area contributed by atoms with Gasteiger partial charge >= 0.3 is 0 Å². The van der Waals surface area contributed by atoms with Crippen molar-refractivity contribution in [3.8, 4) is 0 Å². The fraction of sp³-hybridized carbons (Fsp3) is 0.400. The third-order valence-corrected chi connectivity index (χ3v) is 1.35. The predicted molar refractivity (Wildman–Crippen MR) is 54.4 cm³/mol. The van der Waals surface area contributed by atoms with Gasteiger partial charge in [0.15, 0.2) is 5.43 Å². The summed E-state index contributed by atoms with van der Waals surface area (Å²) in [6.45, 7) is 3.17. The zero-order valence-corrected chi connectivity index (χ0v) is 8.41. The Morgan fingerprint density at radius 3 is 2.57 bits per heavy atom. The number of aromatic nitrogens is 1. The van der Waals surface area contributed by atoms with Crippen molar-refractivity contribution in [1.82, 2.24) is 4.98 Å². The lowest BCUT2D eigenvalue weighted by Crippen LogP contribution is -2.00. The second kappa shape index (κ2) is 6.88. The zero-order chi connectivity index (χ0) is 11.0. The highest BCUT2D eigenvalue weighted by atomic mass is 16.4. The number of H-pyrrole nitrogens is 1. The Labute approximate surface area is 82.6 Å². The fourth-order valence-corrected chi connectivity index (χ4v) is 0.906. The second-order valence-corrected chi connectivity index (χ2v) is 2.82. The summed E-state index contributed by atoms with van der Waals surface area (Å²) in [4.78, 5) is 22.8. The van der Waals surface area contributed by atoms with Gasteiger partial charge in [0.05, 0.1) is 0 Å². The van der Waals surface area contributed by atoms with Gasteiger partial charge in [-0.05, 0) is 6.42 Å². The Morgan fingerprint density at radius 1 is 1.57 bits per heavy atom. The molecule has 0 aliphatic heterocycles. The molecule has 4 nitrogen and oxygen atoms in total. The normalized spacial score (nSPS) is 8.71. The SMILES string of the molecule is CC(=O)O.CCCc1cc(=O)cc[nH]1. The molecule has 0 saturated heterocycles. The van der Waals surface area contributed by atoms with Gasteiger partial charge in [-0.2, -0.15) is 0 Å². The molecule has 0 amide bonds. The van der Waals surface area contributed by atoms with Gasteiger partial charge in [0.2, 0.25) is 0 Å². The molecule has 1 aromatic heterocycles. The molecule has 0 atom stereocenters. The third kappa shape index (κ3) is 7.09. The summed E-state index contributed by atoms with van der Waals surface area (Å²) in [5.41, 5.74) is 1.11. The Balaban J connectivity index is 0.000000364. The van der Waals surface area contributed by atoms with Gasteiger partial charge < -0.3 is 10.1 Å². The largest absolute Gasteiger partial charge is 0.481 e. The summed E-state index contributed by atoms with van der Waals surface area (Å²) >= 11 is 0. The van der Waals surface area contributed by atoms with Crippen LogP contribution in [0, 0.1) is 0 Å². The van der Waals surface area contributed by atoms with Crippen molar-refractivity contribution in [3.63, 3.8) is 0 Å². The number of carbonyl (C=O) groups is 1. The van der Waals surface area contributed by atoms with Gasteiger partial charge in [0.25, 0.3) is 5.97 Å². The molecule has 0 aliphatic carbocycles. The maximum Gasteiger partial charge on any atom is 0.300 e. The molecule has 0 aromatic carbocycles. The van der Waals surface area contributed by atoms with Crippen molar-refractivity contribution in [2.24, 2.45) is 0 Å². The molecule has 0 aliphatic rings. The molecule has 0 spiro atoms. The van der Waals surface area contributed by atoms with Gasteiger partial charge in [-0.25, -0.2) is 0 Å². The standard InChI is InChI=1S/C8H11NO.C2H4O2/c1-2-3-7-6-8(10)4-5-9-7;1-2(3)4/h4-6H,2-3H2,1H3,(H,9,10);1H3,(H,3,4). The van der Waals surface area contributed by atoms with E-state index in [-0.39, 0.29) is 5.43 Å². The first kappa shape index (κ1) is 12.4. The number of hydrogen-bond acceptors (Lipinski definition) is 2. The van der Waals surface area contributed by atoms with Crippen LogP contribution < -0.4 is 5.43 Å². The summed E-state index contributed by atoms with van der Waals surface area (Å²) in [5.74, 6) is -0.833. The fourth-order valence-electron chi connectivity index (χ4n) is 0.906. The maximum absolute atomic E-state index is 10.7. The highest BCUT2D eigenvalue weighted by Crippen LogP contribution is 1.92. The number of hydrogen-bond donors (Lipinski definition) is 2. The van der Waals surface area contributed by atoms with Crippen LogP contribution in [-0.2, 0) is 11.2 Å². The lowest BCUT2D eigenvalue weighted by atomic mass is 10.2. The van der Waals surface area contributed by atoms with Crippen LogP contribution in [0.5, 0.6) is 0 Å². The smallest absolute Gasteiger partial charge is 0.300 e. The van der Waals surface area contributed by atoms with E-state index in [9.17, 15) is 4.79 Å². The van der Waals surface area contributed by atoms with Crippen LogP contribution >= 0.6 is 0 Å². The van der Waals surface area contributed by atoms with Gasteiger partial charge in [-0.15, -0.1) is 0 Å². The lowest BCUT2D eigenvalue weighted by molar-refractivity contribution is -0.134. The highest BCUT2D eigenvalue weighted by Gasteiger charge is 1.89. The highest BCUT2D eigenvalue weighted by molar-refractivity contribution is 5.62. The average Bonchev–Trinajstić information content (AvgIpc) is 2.03. The molecule has 0 saturated carbocycles. The minimum Gasteiger partial charge on any atom is -0.481 e. The number of rotatable bonds is 2. The predicted octanol–water partition coefficient (Wildman–Crippen LogP) is 1.42. The van der Waals surface area contributed by atoms with Crippen molar-refractivity contribution < 1.29 is 9.90 Å². The average molecular weight is 197 g/mol. The number of carboxylic acids is 1. The summed E-state index contributed by atoms with van der Waals surface area (Å²) < 4.78 is 0. The molecule has 4 heteroatoms. The Morgan fingerprint density at radius 2 is 2.14 bits per heavy atom. The first-order valence-corrected chi connectivity index (χ1v) is 4.43. The van der Waals surface area contributed by atoms with Crippen LogP contribution in [0.2, 0.25) is 0 Å². The molecule has 1 rings (SSSR count). The molecular formula is C10H15NO3. The van der Waals surface area contributed by atoms with Crippen molar-refractivity contribution >= 4 is 5.97 Å². The quantitative estimate of drug-likeness (QED) is 0.753. The van der Waals surface area contributed by atoms with Crippen LogP contribution in [0.15, 0.2) is 23.1 Å². The van der Waals surface area contributed by atoms with Crippen molar-refractivity contribution in [1.29, 1.82) is 0 Å². The van der Waals surface area contributed by atoms with E-state index in [0.717, 1.165) is 25.5 Å². The van der Waals surface area contributed by atoms with E-state index in [1.807, 2.05) is 0 Å². The second-order valence-electron chi connectivity index (χ2n) is 2.82. The topological polar surface area (TPSA) is 70.2 Å². The molecular weight excluding hydrogens is 182 g/mol. The summed E-state index contributed by atoms with van der Waals surface area (Å²) in [6.07, 6.45) is 3.71. The van der Waals surface area contributed by atoms with Crippen LogP contribution in [0.25, 0.3) is 0 Å². The molecule has 78 valence electrons. The van der Waals surface area contributed by atoms with Gasteiger partial charge in [-0.3, -0.25) is 9.59 Å². The van der Waals surface area contributed by atoms with Crippen molar-refractivity contribution in [2.75, 3.05) is 0 Å². The third-order valence-electron chi connectivity index (χ3n) is 1.35. The van der Waals surface area contributed by atoms with E-state index in [0.29, 0.717) is 0 Å². The van der Waals surface area contributed by atoms with E-state index < -0.39 is 5.97 Å². The number of pyridine rings is 1. The van der Waals surface area contributed by atoms with Gasteiger partial charge in [0.1, 0.15) is 0 Å². The van der Waals surface area contributed by atoms with Crippen molar-refractivity contribution in [3.05, 3.63) is 34.2 Å². The number of carboxylic acid groups (broad SMARTS) is 1. The molecule has 0 unspecified atom stereocenters. The minimum absolute atomic E-state index is 0.0854. The Hall–Kier alpha value is -1.58. The number of aryl methyl sites for hydroxylation is 1. The number of nitrogens with one attached hydrogen (secondary N) is 1. The van der Waals surface area contributed by atoms with Gasteiger partial charge in [-0.1, -0.05) is 13.3 Å². The molecule has 1 heterocycles. The zero-order valence-electron chi connectivity index (χ0n) is 8.41. The summed E-state index contributed by atoms with van der Waals surface area (Å²) in [7, 11) is 0. The van der Waals surface area contributed by atoms with Crippen molar-refractivity contribution in [2.45, 2.75) is 26.7 Å². The van der Waals surface area contributed by atoms with E-state index >= 15 is 0 Å². The Kier molecular flexibility index (Phi) is 6.11. The molecule has 14 heavy (non-hydrogen) atoms. The molecule has 0 fully saturated rings. The molecule has 2 N–H and O–H groups in total. The first-order chi connectivity index (χ1) is 6.56. The van der Waals surface area contributed by atoms with Crippen LogP contribution in [0.1, 0.15) is 26.0 Å². The first-order valence-electron chi connectivity index (χ1n) is 4.43.